The van der Waals surface area contributed by atoms with Crippen molar-refractivity contribution in [3.05, 3.63) is 0 Å². The SMILES string of the molecule is CC1CN=CC(Cl)C1CBr. The maximum Gasteiger partial charge on any atom is 0.0723 e. The number of halogens is 2. The van der Waals surface area contributed by atoms with Gasteiger partial charge in [-0.05, 0) is 11.8 Å². The van der Waals surface area contributed by atoms with Crippen molar-refractivity contribution in [2.75, 3.05) is 11.9 Å². The first kappa shape index (κ1) is 8.54. The van der Waals surface area contributed by atoms with Crippen LogP contribution in [0.4, 0.5) is 0 Å². The van der Waals surface area contributed by atoms with Crippen molar-refractivity contribution in [1.29, 1.82) is 0 Å². The highest BCUT2D eigenvalue weighted by molar-refractivity contribution is 9.09. The minimum absolute atomic E-state index is 0.128. The summed E-state index contributed by atoms with van der Waals surface area (Å²) in [4.78, 5) is 4.16. The quantitative estimate of drug-likeness (QED) is 0.606. The van der Waals surface area contributed by atoms with Gasteiger partial charge >= 0.3 is 0 Å². The summed E-state index contributed by atoms with van der Waals surface area (Å²) < 4.78 is 0. The molecule has 0 fully saturated rings. The van der Waals surface area contributed by atoms with Crippen LogP contribution >= 0.6 is 27.5 Å². The zero-order valence-electron chi connectivity index (χ0n) is 5.93. The summed E-state index contributed by atoms with van der Waals surface area (Å²) in [5.74, 6) is 1.17. The molecule has 1 nitrogen and oxygen atoms in total. The molecule has 0 aromatic rings. The summed E-state index contributed by atoms with van der Waals surface area (Å²) in [6.07, 6.45) is 1.85. The summed E-state index contributed by atoms with van der Waals surface area (Å²) in [6, 6.07) is 0. The van der Waals surface area contributed by atoms with E-state index in [1.165, 1.54) is 0 Å². The van der Waals surface area contributed by atoms with Gasteiger partial charge in [0.25, 0.3) is 0 Å². The second kappa shape index (κ2) is 3.72. The highest BCUT2D eigenvalue weighted by Gasteiger charge is 2.25. The van der Waals surface area contributed by atoms with Crippen molar-refractivity contribution in [3.63, 3.8) is 0 Å². The molecule has 0 radical (unpaired) electrons. The lowest BCUT2D eigenvalue weighted by Crippen LogP contribution is -2.30. The van der Waals surface area contributed by atoms with Crippen LogP contribution in [0.25, 0.3) is 0 Å². The second-order valence-electron chi connectivity index (χ2n) is 2.75. The van der Waals surface area contributed by atoms with E-state index in [1.807, 2.05) is 6.21 Å². The number of rotatable bonds is 1. The van der Waals surface area contributed by atoms with Gasteiger partial charge in [-0.3, -0.25) is 4.99 Å². The van der Waals surface area contributed by atoms with Gasteiger partial charge in [-0.15, -0.1) is 11.6 Å². The lowest BCUT2D eigenvalue weighted by Gasteiger charge is -2.26. The molecule has 1 heterocycles. The first-order valence-corrected chi connectivity index (χ1v) is 5.01. The van der Waals surface area contributed by atoms with Gasteiger partial charge in [-0.25, -0.2) is 0 Å². The molecular formula is C7H11BrClN. The number of aliphatic imine (C=N–C) groups is 1. The van der Waals surface area contributed by atoms with Crippen molar-refractivity contribution in [2.24, 2.45) is 16.8 Å². The molecule has 0 amide bonds. The zero-order chi connectivity index (χ0) is 7.56. The molecule has 10 heavy (non-hydrogen) atoms. The molecule has 0 spiro atoms. The minimum Gasteiger partial charge on any atom is -0.296 e. The van der Waals surface area contributed by atoms with Crippen LogP contribution in [0.3, 0.4) is 0 Å². The minimum atomic E-state index is 0.128. The van der Waals surface area contributed by atoms with Crippen molar-refractivity contribution in [2.45, 2.75) is 12.3 Å². The fraction of sp³-hybridized carbons (Fsp3) is 0.857. The van der Waals surface area contributed by atoms with Gasteiger partial charge in [0.05, 0.1) is 5.38 Å². The predicted octanol–water partition coefficient (Wildman–Crippen LogP) is 2.33. The van der Waals surface area contributed by atoms with E-state index in [-0.39, 0.29) is 5.38 Å². The third kappa shape index (κ3) is 1.73. The summed E-state index contributed by atoms with van der Waals surface area (Å²) in [5.41, 5.74) is 0. The Kier molecular flexibility index (Phi) is 3.18. The first-order valence-electron chi connectivity index (χ1n) is 3.45. The Morgan fingerprint density at radius 1 is 1.80 bits per heavy atom. The Morgan fingerprint density at radius 2 is 2.50 bits per heavy atom. The molecule has 0 aliphatic carbocycles. The Hall–Kier alpha value is 0.440. The molecule has 58 valence electrons. The highest BCUT2D eigenvalue weighted by atomic mass is 79.9. The standard InChI is InChI=1S/C7H11BrClN/c1-5-3-10-4-7(9)6(5)2-8/h4-7H,2-3H2,1H3. The van der Waals surface area contributed by atoms with E-state index in [2.05, 4.69) is 27.8 Å². The van der Waals surface area contributed by atoms with E-state index in [1.54, 1.807) is 0 Å². The van der Waals surface area contributed by atoms with Crippen LogP contribution in [0, 0.1) is 11.8 Å². The average molecular weight is 225 g/mol. The van der Waals surface area contributed by atoms with E-state index >= 15 is 0 Å². The van der Waals surface area contributed by atoms with Crippen LogP contribution in [0.5, 0.6) is 0 Å². The van der Waals surface area contributed by atoms with Crippen LogP contribution < -0.4 is 0 Å². The molecule has 0 saturated heterocycles. The third-order valence-electron chi connectivity index (χ3n) is 1.96. The fourth-order valence-corrected chi connectivity index (χ4v) is 2.80. The molecular weight excluding hydrogens is 213 g/mol. The Labute approximate surface area is 75.0 Å². The fourth-order valence-electron chi connectivity index (χ4n) is 1.12. The molecule has 0 N–H and O–H groups in total. The Morgan fingerprint density at radius 3 is 2.90 bits per heavy atom. The Balaban J connectivity index is 2.58. The first-order chi connectivity index (χ1) is 4.75. The summed E-state index contributed by atoms with van der Waals surface area (Å²) >= 11 is 9.44. The zero-order valence-corrected chi connectivity index (χ0v) is 8.27. The maximum absolute atomic E-state index is 6.00. The van der Waals surface area contributed by atoms with Crippen LogP contribution in [0.2, 0.25) is 0 Å². The number of nitrogens with zero attached hydrogens (tertiary/aromatic N) is 1. The summed E-state index contributed by atoms with van der Waals surface area (Å²) in [5, 5.41) is 1.11. The Bertz CT molecular complexity index is 138. The summed E-state index contributed by atoms with van der Waals surface area (Å²) in [6.45, 7) is 3.12. The molecule has 0 bridgehead atoms. The van der Waals surface area contributed by atoms with E-state index in [0.717, 1.165) is 11.9 Å². The molecule has 0 saturated carbocycles. The lowest BCUT2D eigenvalue weighted by atomic mass is 9.91. The molecule has 1 rings (SSSR count). The van der Waals surface area contributed by atoms with Gasteiger partial charge < -0.3 is 0 Å². The molecule has 1 aliphatic rings. The molecule has 1 aliphatic heterocycles. The van der Waals surface area contributed by atoms with E-state index in [0.29, 0.717) is 11.8 Å². The molecule has 3 atom stereocenters. The van der Waals surface area contributed by atoms with E-state index in [4.69, 9.17) is 11.6 Å². The van der Waals surface area contributed by atoms with Gasteiger partial charge in [-0.2, -0.15) is 0 Å². The predicted molar refractivity (Wildman–Crippen MR) is 49.4 cm³/mol. The van der Waals surface area contributed by atoms with Crippen molar-refractivity contribution in [3.8, 4) is 0 Å². The van der Waals surface area contributed by atoms with Gasteiger partial charge in [0.1, 0.15) is 0 Å². The van der Waals surface area contributed by atoms with E-state index < -0.39 is 0 Å². The van der Waals surface area contributed by atoms with Crippen molar-refractivity contribution in [1.82, 2.24) is 0 Å². The smallest absolute Gasteiger partial charge is 0.0723 e. The molecule has 0 aromatic heterocycles. The third-order valence-corrected chi connectivity index (χ3v) is 3.14. The molecule has 0 aromatic carbocycles. The van der Waals surface area contributed by atoms with Crippen molar-refractivity contribution >= 4 is 33.7 Å². The van der Waals surface area contributed by atoms with Gasteiger partial charge in [0.2, 0.25) is 0 Å². The van der Waals surface area contributed by atoms with Crippen LogP contribution in [0.1, 0.15) is 6.92 Å². The molecule has 3 unspecified atom stereocenters. The van der Waals surface area contributed by atoms with Crippen LogP contribution in [-0.4, -0.2) is 23.5 Å². The van der Waals surface area contributed by atoms with Gasteiger partial charge in [0, 0.05) is 18.1 Å². The van der Waals surface area contributed by atoms with E-state index in [9.17, 15) is 0 Å². The number of hydrogen-bond acceptors (Lipinski definition) is 1. The largest absolute Gasteiger partial charge is 0.296 e. The van der Waals surface area contributed by atoms with Crippen LogP contribution in [0.15, 0.2) is 4.99 Å². The summed E-state index contributed by atoms with van der Waals surface area (Å²) in [7, 11) is 0. The highest BCUT2D eigenvalue weighted by Crippen LogP contribution is 2.24. The van der Waals surface area contributed by atoms with Gasteiger partial charge in [-0.1, -0.05) is 22.9 Å². The topological polar surface area (TPSA) is 12.4 Å². The normalized spacial score (nSPS) is 40.1. The monoisotopic (exact) mass is 223 g/mol. The van der Waals surface area contributed by atoms with Crippen molar-refractivity contribution < 1.29 is 0 Å². The maximum atomic E-state index is 6.00. The van der Waals surface area contributed by atoms with Crippen LogP contribution in [-0.2, 0) is 0 Å². The lowest BCUT2D eigenvalue weighted by molar-refractivity contribution is 0.410. The van der Waals surface area contributed by atoms with Gasteiger partial charge in [0.15, 0.2) is 0 Å². The average Bonchev–Trinajstić information content (AvgIpc) is 1.88. The molecule has 3 heteroatoms. The number of alkyl halides is 2. The second-order valence-corrected chi connectivity index (χ2v) is 3.91. The number of hydrogen-bond donors (Lipinski definition) is 0.